The molecule has 2 nitrogen and oxygen atoms in total. The van der Waals surface area contributed by atoms with Crippen LogP contribution in [-0.2, 0) is 11.2 Å². The van der Waals surface area contributed by atoms with E-state index in [2.05, 4.69) is 31.2 Å². The number of nitrogens with two attached hydrogens (primary N) is 1. The van der Waals surface area contributed by atoms with Gasteiger partial charge in [0, 0.05) is 6.54 Å². The molecular weight excluding hydrogens is 162 g/mol. The maximum absolute atomic E-state index is 5.30. The van der Waals surface area contributed by atoms with Crippen LogP contribution in [-0.4, -0.2) is 19.8 Å². The number of benzene rings is 1. The quantitative estimate of drug-likeness (QED) is 0.695. The first-order chi connectivity index (χ1) is 6.33. The molecule has 0 aliphatic carbocycles. The minimum Gasteiger partial charge on any atom is -0.380 e. The molecule has 0 bridgehead atoms. The number of rotatable bonds is 5. The van der Waals surface area contributed by atoms with Crippen molar-refractivity contribution in [2.24, 2.45) is 5.73 Å². The highest BCUT2D eigenvalue weighted by atomic mass is 16.5. The zero-order valence-corrected chi connectivity index (χ0v) is 8.12. The fourth-order valence-electron chi connectivity index (χ4n) is 1.13. The summed E-state index contributed by atoms with van der Waals surface area (Å²) in [5.41, 5.74) is 7.92. The lowest BCUT2D eigenvalue weighted by Gasteiger charge is -2.02. The first-order valence-electron chi connectivity index (χ1n) is 4.66. The molecule has 1 aromatic rings. The van der Waals surface area contributed by atoms with Gasteiger partial charge in [0.2, 0.25) is 0 Å². The number of hydrogen-bond acceptors (Lipinski definition) is 2. The summed E-state index contributed by atoms with van der Waals surface area (Å²) in [4.78, 5) is 0. The Morgan fingerprint density at radius 3 is 2.46 bits per heavy atom. The van der Waals surface area contributed by atoms with Crippen molar-refractivity contribution >= 4 is 0 Å². The molecule has 0 fully saturated rings. The summed E-state index contributed by atoms with van der Waals surface area (Å²) in [6.07, 6.45) is 0.972. The second kappa shape index (κ2) is 5.73. The zero-order valence-electron chi connectivity index (χ0n) is 8.12. The van der Waals surface area contributed by atoms with E-state index in [1.54, 1.807) is 0 Å². The predicted molar refractivity (Wildman–Crippen MR) is 54.8 cm³/mol. The van der Waals surface area contributed by atoms with Gasteiger partial charge in [0.15, 0.2) is 0 Å². The van der Waals surface area contributed by atoms with Crippen LogP contribution in [0.3, 0.4) is 0 Å². The Morgan fingerprint density at radius 1 is 1.15 bits per heavy atom. The maximum Gasteiger partial charge on any atom is 0.0588 e. The first kappa shape index (κ1) is 10.2. The Labute approximate surface area is 79.7 Å². The summed E-state index contributed by atoms with van der Waals surface area (Å²) < 4.78 is 5.29. The lowest BCUT2D eigenvalue weighted by atomic mass is 10.1. The largest absolute Gasteiger partial charge is 0.380 e. The second-order valence-electron chi connectivity index (χ2n) is 3.14. The SMILES string of the molecule is Cc1ccc(CCOCCN)cc1. The standard InChI is InChI=1S/C11H17NO/c1-10-2-4-11(5-3-10)6-8-13-9-7-12/h2-5H,6-9,12H2,1H3. The van der Waals surface area contributed by atoms with Crippen LogP contribution >= 0.6 is 0 Å². The highest BCUT2D eigenvalue weighted by Gasteiger charge is 1.92. The Bertz CT molecular complexity index is 230. The van der Waals surface area contributed by atoms with Crippen molar-refractivity contribution in [3.05, 3.63) is 35.4 Å². The van der Waals surface area contributed by atoms with Crippen molar-refractivity contribution in [3.8, 4) is 0 Å². The van der Waals surface area contributed by atoms with Crippen molar-refractivity contribution in [2.75, 3.05) is 19.8 Å². The topological polar surface area (TPSA) is 35.2 Å². The van der Waals surface area contributed by atoms with Gasteiger partial charge < -0.3 is 10.5 Å². The van der Waals surface area contributed by atoms with Crippen LogP contribution in [0.5, 0.6) is 0 Å². The number of aryl methyl sites for hydroxylation is 1. The molecule has 0 aliphatic heterocycles. The summed E-state index contributed by atoms with van der Waals surface area (Å²) in [6, 6.07) is 8.53. The molecule has 0 heterocycles. The van der Waals surface area contributed by atoms with E-state index in [1.807, 2.05) is 0 Å². The van der Waals surface area contributed by atoms with Crippen LogP contribution in [0.2, 0.25) is 0 Å². The Kier molecular flexibility index (Phi) is 4.50. The van der Waals surface area contributed by atoms with E-state index < -0.39 is 0 Å². The molecule has 0 saturated carbocycles. The van der Waals surface area contributed by atoms with Crippen molar-refractivity contribution < 1.29 is 4.74 Å². The van der Waals surface area contributed by atoms with Gasteiger partial charge in [-0.1, -0.05) is 29.8 Å². The predicted octanol–water partition coefficient (Wildman–Crippen LogP) is 1.51. The lowest BCUT2D eigenvalue weighted by Crippen LogP contribution is -2.10. The molecule has 72 valence electrons. The van der Waals surface area contributed by atoms with E-state index in [1.165, 1.54) is 11.1 Å². The van der Waals surface area contributed by atoms with Gasteiger partial charge in [0.25, 0.3) is 0 Å². The monoisotopic (exact) mass is 179 g/mol. The molecule has 0 unspecified atom stereocenters. The van der Waals surface area contributed by atoms with Gasteiger partial charge in [-0.3, -0.25) is 0 Å². The van der Waals surface area contributed by atoms with Gasteiger partial charge in [-0.25, -0.2) is 0 Å². The van der Waals surface area contributed by atoms with Gasteiger partial charge in [0.1, 0.15) is 0 Å². The third-order valence-corrected chi connectivity index (χ3v) is 1.92. The van der Waals surface area contributed by atoms with Crippen molar-refractivity contribution in [2.45, 2.75) is 13.3 Å². The third-order valence-electron chi connectivity index (χ3n) is 1.92. The smallest absolute Gasteiger partial charge is 0.0588 e. The molecule has 2 heteroatoms. The van der Waals surface area contributed by atoms with Gasteiger partial charge in [0.05, 0.1) is 13.2 Å². The molecule has 0 radical (unpaired) electrons. The summed E-state index contributed by atoms with van der Waals surface area (Å²) in [7, 11) is 0. The molecule has 0 aliphatic rings. The molecule has 13 heavy (non-hydrogen) atoms. The van der Waals surface area contributed by atoms with E-state index in [0.717, 1.165) is 13.0 Å². The van der Waals surface area contributed by atoms with Gasteiger partial charge in [-0.2, -0.15) is 0 Å². The van der Waals surface area contributed by atoms with Crippen molar-refractivity contribution in [3.63, 3.8) is 0 Å². The molecular formula is C11H17NO. The Morgan fingerprint density at radius 2 is 1.85 bits per heavy atom. The lowest BCUT2D eigenvalue weighted by molar-refractivity contribution is 0.145. The van der Waals surface area contributed by atoms with Gasteiger partial charge in [-0.15, -0.1) is 0 Å². The van der Waals surface area contributed by atoms with Crippen LogP contribution in [0.1, 0.15) is 11.1 Å². The fraction of sp³-hybridized carbons (Fsp3) is 0.455. The summed E-state index contributed by atoms with van der Waals surface area (Å²) >= 11 is 0. The van der Waals surface area contributed by atoms with Gasteiger partial charge >= 0.3 is 0 Å². The normalized spacial score (nSPS) is 10.3. The van der Waals surface area contributed by atoms with E-state index in [9.17, 15) is 0 Å². The average Bonchev–Trinajstić information content (AvgIpc) is 2.15. The van der Waals surface area contributed by atoms with Crippen LogP contribution in [0.4, 0.5) is 0 Å². The Hall–Kier alpha value is -0.860. The first-order valence-corrected chi connectivity index (χ1v) is 4.66. The molecule has 0 aromatic heterocycles. The molecule has 0 amide bonds. The van der Waals surface area contributed by atoms with Crippen molar-refractivity contribution in [1.82, 2.24) is 0 Å². The van der Waals surface area contributed by atoms with Crippen molar-refractivity contribution in [1.29, 1.82) is 0 Å². The summed E-state index contributed by atoms with van der Waals surface area (Å²) in [6.45, 7) is 4.12. The number of ether oxygens (including phenoxy) is 1. The maximum atomic E-state index is 5.30. The van der Waals surface area contributed by atoms with Crippen LogP contribution in [0, 0.1) is 6.92 Å². The number of hydrogen-bond donors (Lipinski definition) is 1. The summed E-state index contributed by atoms with van der Waals surface area (Å²) in [5, 5.41) is 0. The minimum atomic E-state index is 0.605. The molecule has 0 spiro atoms. The van der Waals surface area contributed by atoms with E-state index in [-0.39, 0.29) is 0 Å². The molecule has 1 aromatic carbocycles. The average molecular weight is 179 g/mol. The molecule has 2 N–H and O–H groups in total. The van der Waals surface area contributed by atoms with Crippen LogP contribution in [0.15, 0.2) is 24.3 Å². The highest BCUT2D eigenvalue weighted by molar-refractivity contribution is 5.21. The van der Waals surface area contributed by atoms with Gasteiger partial charge in [-0.05, 0) is 18.9 Å². The van der Waals surface area contributed by atoms with E-state index >= 15 is 0 Å². The third kappa shape index (κ3) is 4.06. The second-order valence-corrected chi connectivity index (χ2v) is 3.14. The summed E-state index contributed by atoms with van der Waals surface area (Å²) in [5.74, 6) is 0. The molecule has 1 rings (SSSR count). The van der Waals surface area contributed by atoms with Crippen LogP contribution < -0.4 is 5.73 Å². The molecule has 0 saturated heterocycles. The van der Waals surface area contributed by atoms with E-state index in [4.69, 9.17) is 10.5 Å². The molecule has 0 atom stereocenters. The van der Waals surface area contributed by atoms with Crippen LogP contribution in [0.25, 0.3) is 0 Å². The fourth-order valence-corrected chi connectivity index (χ4v) is 1.13. The van der Waals surface area contributed by atoms with E-state index in [0.29, 0.717) is 13.2 Å². The minimum absolute atomic E-state index is 0.605. The zero-order chi connectivity index (χ0) is 9.52. The Balaban J connectivity index is 2.25. The highest BCUT2D eigenvalue weighted by Crippen LogP contribution is 2.03.